The predicted octanol–water partition coefficient (Wildman–Crippen LogP) is 3.60. The fourth-order valence-electron chi connectivity index (χ4n) is 1.65. The van der Waals surface area contributed by atoms with E-state index in [2.05, 4.69) is 15.9 Å². The molecule has 0 heterocycles. The monoisotopic (exact) mass is 307 g/mol. The fraction of sp³-hybridized carbons (Fsp3) is 0.0714. The van der Waals surface area contributed by atoms with Crippen molar-refractivity contribution in [2.75, 3.05) is 5.73 Å². The SMILES string of the molecule is Nc1cccc(C(=O)Cc2ccc(Br)cc2F)c1. The molecule has 0 fully saturated rings. The number of nitrogens with two attached hydrogens (primary N) is 1. The van der Waals surface area contributed by atoms with Crippen LogP contribution >= 0.6 is 15.9 Å². The summed E-state index contributed by atoms with van der Waals surface area (Å²) in [4.78, 5) is 12.0. The van der Waals surface area contributed by atoms with Crippen molar-refractivity contribution in [3.8, 4) is 0 Å². The Morgan fingerprint density at radius 2 is 2.00 bits per heavy atom. The summed E-state index contributed by atoms with van der Waals surface area (Å²) in [6.45, 7) is 0. The molecule has 2 N–H and O–H groups in total. The third-order valence-corrected chi connectivity index (χ3v) is 3.07. The summed E-state index contributed by atoms with van der Waals surface area (Å²) in [5.74, 6) is -0.537. The van der Waals surface area contributed by atoms with Crippen LogP contribution in [0.2, 0.25) is 0 Å². The minimum absolute atomic E-state index is 0.0303. The summed E-state index contributed by atoms with van der Waals surface area (Å²) in [6.07, 6.45) is 0.0303. The van der Waals surface area contributed by atoms with Gasteiger partial charge in [-0.05, 0) is 29.8 Å². The lowest BCUT2D eigenvalue weighted by molar-refractivity contribution is 0.0992. The molecule has 0 radical (unpaired) electrons. The molecule has 0 amide bonds. The molecule has 0 unspecified atom stereocenters. The van der Waals surface area contributed by atoms with Gasteiger partial charge in [-0.1, -0.05) is 34.1 Å². The van der Waals surface area contributed by atoms with E-state index in [1.165, 1.54) is 6.07 Å². The maximum absolute atomic E-state index is 13.6. The van der Waals surface area contributed by atoms with E-state index in [0.717, 1.165) is 0 Å². The van der Waals surface area contributed by atoms with Gasteiger partial charge in [0.05, 0.1) is 0 Å². The molecule has 2 aromatic rings. The van der Waals surface area contributed by atoms with Gasteiger partial charge < -0.3 is 5.73 Å². The molecule has 0 aliphatic rings. The maximum Gasteiger partial charge on any atom is 0.167 e. The Morgan fingerprint density at radius 1 is 1.22 bits per heavy atom. The first kappa shape index (κ1) is 12.8. The van der Waals surface area contributed by atoms with Crippen LogP contribution in [0.25, 0.3) is 0 Å². The van der Waals surface area contributed by atoms with Crippen molar-refractivity contribution in [1.82, 2.24) is 0 Å². The molecular formula is C14H11BrFNO. The fourth-order valence-corrected chi connectivity index (χ4v) is 1.99. The van der Waals surface area contributed by atoms with Crippen LogP contribution in [-0.2, 0) is 6.42 Å². The van der Waals surface area contributed by atoms with E-state index in [-0.39, 0.29) is 18.0 Å². The molecular weight excluding hydrogens is 297 g/mol. The largest absolute Gasteiger partial charge is 0.399 e. The molecule has 0 aromatic heterocycles. The third kappa shape index (κ3) is 2.96. The summed E-state index contributed by atoms with van der Waals surface area (Å²) in [7, 11) is 0. The van der Waals surface area contributed by atoms with Gasteiger partial charge in [-0.15, -0.1) is 0 Å². The highest BCUT2D eigenvalue weighted by molar-refractivity contribution is 9.10. The topological polar surface area (TPSA) is 43.1 Å². The molecule has 0 saturated heterocycles. The molecule has 2 aromatic carbocycles. The highest BCUT2D eigenvalue weighted by Crippen LogP contribution is 2.17. The van der Waals surface area contributed by atoms with Crippen LogP contribution in [0.3, 0.4) is 0 Å². The number of carbonyl (C=O) groups is 1. The van der Waals surface area contributed by atoms with Crippen LogP contribution in [0.1, 0.15) is 15.9 Å². The van der Waals surface area contributed by atoms with Crippen molar-refractivity contribution < 1.29 is 9.18 Å². The Balaban J connectivity index is 2.21. The number of carbonyl (C=O) groups excluding carboxylic acids is 1. The first-order chi connectivity index (χ1) is 8.56. The predicted molar refractivity (Wildman–Crippen MR) is 73.0 cm³/mol. The normalized spacial score (nSPS) is 10.3. The van der Waals surface area contributed by atoms with Crippen LogP contribution in [0.4, 0.5) is 10.1 Å². The smallest absolute Gasteiger partial charge is 0.167 e. The van der Waals surface area contributed by atoms with Crippen molar-refractivity contribution in [1.29, 1.82) is 0 Å². The summed E-state index contributed by atoms with van der Waals surface area (Å²) < 4.78 is 14.3. The molecule has 0 spiro atoms. The van der Waals surface area contributed by atoms with E-state index < -0.39 is 0 Å². The van der Waals surface area contributed by atoms with Crippen molar-refractivity contribution in [3.63, 3.8) is 0 Å². The molecule has 2 nitrogen and oxygen atoms in total. The zero-order chi connectivity index (χ0) is 13.1. The Bertz CT molecular complexity index is 598. The zero-order valence-electron chi connectivity index (χ0n) is 9.49. The van der Waals surface area contributed by atoms with Crippen LogP contribution in [0.5, 0.6) is 0 Å². The second-order valence-corrected chi connectivity index (χ2v) is 4.88. The van der Waals surface area contributed by atoms with E-state index in [1.54, 1.807) is 36.4 Å². The number of anilines is 1. The van der Waals surface area contributed by atoms with Crippen molar-refractivity contribution in [2.45, 2.75) is 6.42 Å². The second kappa shape index (κ2) is 5.31. The van der Waals surface area contributed by atoms with Crippen LogP contribution < -0.4 is 5.73 Å². The van der Waals surface area contributed by atoms with Gasteiger partial charge in [-0.3, -0.25) is 4.79 Å². The van der Waals surface area contributed by atoms with Crippen LogP contribution in [0, 0.1) is 5.82 Å². The van der Waals surface area contributed by atoms with Gasteiger partial charge in [0.25, 0.3) is 0 Å². The summed E-state index contributed by atoms with van der Waals surface area (Å²) in [5, 5.41) is 0. The summed E-state index contributed by atoms with van der Waals surface area (Å²) in [5.41, 5.74) is 7.01. The number of rotatable bonds is 3. The van der Waals surface area contributed by atoms with Crippen LogP contribution in [-0.4, -0.2) is 5.78 Å². The lowest BCUT2D eigenvalue weighted by Crippen LogP contribution is -2.05. The molecule has 92 valence electrons. The zero-order valence-corrected chi connectivity index (χ0v) is 11.1. The van der Waals surface area contributed by atoms with Gasteiger partial charge in [0.1, 0.15) is 5.82 Å². The van der Waals surface area contributed by atoms with Gasteiger partial charge in [0.2, 0.25) is 0 Å². The molecule has 0 aliphatic heterocycles. The summed E-state index contributed by atoms with van der Waals surface area (Å²) in [6, 6.07) is 11.3. The molecule has 0 atom stereocenters. The first-order valence-corrected chi connectivity index (χ1v) is 6.18. The number of hydrogen-bond acceptors (Lipinski definition) is 2. The highest BCUT2D eigenvalue weighted by Gasteiger charge is 2.10. The Kier molecular flexibility index (Phi) is 3.77. The minimum atomic E-state index is -0.387. The van der Waals surface area contributed by atoms with Crippen molar-refractivity contribution in [3.05, 3.63) is 63.9 Å². The molecule has 0 aliphatic carbocycles. The quantitative estimate of drug-likeness (QED) is 0.695. The molecule has 0 bridgehead atoms. The van der Waals surface area contributed by atoms with Gasteiger partial charge in [0, 0.05) is 22.1 Å². The number of ketones is 1. The number of benzene rings is 2. The molecule has 18 heavy (non-hydrogen) atoms. The van der Waals surface area contributed by atoms with Gasteiger partial charge in [0.15, 0.2) is 5.78 Å². The Labute approximate surface area is 113 Å². The van der Waals surface area contributed by atoms with E-state index in [9.17, 15) is 9.18 Å². The average Bonchev–Trinajstić information content (AvgIpc) is 2.32. The Hall–Kier alpha value is -1.68. The number of Topliss-reactive ketones (excluding diaryl/α,β-unsaturated/α-hetero) is 1. The van der Waals surface area contributed by atoms with Crippen molar-refractivity contribution >= 4 is 27.4 Å². The van der Waals surface area contributed by atoms with E-state index in [0.29, 0.717) is 21.3 Å². The van der Waals surface area contributed by atoms with E-state index >= 15 is 0 Å². The lowest BCUT2D eigenvalue weighted by Gasteiger charge is -2.04. The minimum Gasteiger partial charge on any atom is -0.399 e. The standard InChI is InChI=1S/C14H11BrFNO/c15-11-5-4-9(13(16)8-11)7-14(18)10-2-1-3-12(17)6-10/h1-6,8H,7,17H2. The highest BCUT2D eigenvalue weighted by atomic mass is 79.9. The van der Waals surface area contributed by atoms with Crippen molar-refractivity contribution in [2.24, 2.45) is 0 Å². The summed E-state index contributed by atoms with van der Waals surface area (Å²) >= 11 is 3.18. The van der Waals surface area contributed by atoms with E-state index in [1.807, 2.05) is 0 Å². The Morgan fingerprint density at radius 3 is 2.67 bits per heavy atom. The number of nitrogen functional groups attached to an aromatic ring is 1. The van der Waals surface area contributed by atoms with Crippen LogP contribution in [0.15, 0.2) is 46.9 Å². The number of halogens is 2. The average molecular weight is 308 g/mol. The maximum atomic E-state index is 13.6. The second-order valence-electron chi connectivity index (χ2n) is 3.96. The van der Waals surface area contributed by atoms with Gasteiger partial charge in [-0.2, -0.15) is 0 Å². The van der Waals surface area contributed by atoms with E-state index in [4.69, 9.17) is 5.73 Å². The van der Waals surface area contributed by atoms with Gasteiger partial charge >= 0.3 is 0 Å². The first-order valence-electron chi connectivity index (χ1n) is 5.39. The molecule has 0 saturated carbocycles. The molecule has 2 rings (SSSR count). The number of hydrogen-bond donors (Lipinski definition) is 1. The third-order valence-electron chi connectivity index (χ3n) is 2.57. The lowest BCUT2D eigenvalue weighted by atomic mass is 10.0. The molecule has 4 heteroatoms. The van der Waals surface area contributed by atoms with Gasteiger partial charge in [-0.25, -0.2) is 4.39 Å².